The van der Waals surface area contributed by atoms with Crippen LogP contribution in [0.4, 0.5) is 0 Å². The van der Waals surface area contributed by atoms with Gasteiger partial charge in [0.1, 0.15) is 54.9 Å². The molecular formula is C24H51N7O11. The van der Waals surface area contributed by atoms with Crippen molar-refractivity contribution in [3.8, 4) is 0 Å². The van der Waals surface area contributed by atoms with Crippen LogP contribution in [-0.2, 0) is 18.9 Å². The van der Waals surface area contributed by atoms with E-state index in [0.717, 1.165) is 0 Å². The van der Waals surface area contributed by atoms with Crippen molar-refractivity contribution < 1.29 is 54.7 Å². The number of ether oxygens (including phenoxy) is 4. The molecule has 0 bridgehead atoms. The Hall–Kier alpha value is -0.720. The number of nitrogens with one attached hydrogen (secondary N) is 2. The summed E-state index contributed by atoms with van der Waals surface area (Å²) in [6, 6.07) is -3.96. The average molecular weight is 614 g/mol. The monoisotopic (exact) mass is 613 g/mol. The minimum Gasteiger partial charge on any atom is -0.394 e. The smallest absolute Gasteiger partial charge is 0.186 e. The molecule has 248 valence electrons. The quantitative estimate of drug-likeness (QED) is 0.0808. The number of hydrogen-bond donors (Lipinski definition) is 14. The molecule has 3 aliphatic rings. The Morgan fingerprint density at radius 2 is 1.48 bits per heavy atom. The molecule has 19 N–H and O–H groups in total. The Kier molecular flexibility index (Phi) is 14.1. The lowest BCUT2D eigenvalue weighted by atomic mass is 9.83. The highest BCUT2D eigenvalue weighted by molar-refractivity contribution is 5.03. The Labute approximate surface area is 244 Å². The molecule has 2 saturated heterocycles. The van der Waals surface area contributed by atoms with Crippen LogP contribution in [0.2, 0.25) is 0 Å². The lowest BCUT2D eigenvalue weighted by Gasteiger charge is -2.49. The van der Waals surface area contributed by atoms with Crippen LogP contribution < -0.4 is 39.3 Å². The molecule has 3 fully saturated rings. The summed E-state index contributed by atoms with van der Waals surface area (Å²) >= 11 is 0. The number of nitrogens with two attached hydrogens (primary N) is 5. The maximum absolute atomic E-state index is 11.5. The molecular weight excluding hydrogens is 562 g/mol. The Bertz CT molecular complexity index is 795. The van der Waals surface area contributed by atoms with Crippen molar-refractivity contribution in [2.75, 3.05) is 39.3 Å². The fraction of sp³-hybridized carbons (Fsp3) is 1.00. The van der Waals surface area contributed by atoms with Gasteiger partial charge in [-0.3, -0.25) is 0 Å². The Morgan fingerprint density at radius 1 is 0.810 bits per heavy atom. The van der Waals surface area contributed by atoms with Crippen LogP contribution in [0.25, 0.3) is 0 Å². The minimum atomic E-state index is -1.53. The lowest BCUT2D eigenvalue weighted by molar-refractivity contribution is -0.320. The summed E-state index contributed by atoms with van der Waals surface area (Å²) in [4.78, 5) is 0. The van der Waals surface area contributed by atoms with Gasteiger partial charge in [-0.1, -0.05) is 0 Å². The molecule has 2 unspecified atom stereocenters. The summed E-state index contributed by atoms with van der Waals surface area (Å²) in [6.45, 7) is 0.578. The summed E-state index contributed by atoms with van der Waals surface area (Å²) in [7, 11) is 0. The summed E-state index contributed by atoms with van der Waals surface area (Å²) in [6.07, 6.45) is -14.4. The van der Waals surface area contributed by atoms with Gasteiger partial charge in [-0.2, -0.15) is 0 Å². The molecule has 1 saturated carbocycles. The second kappa shape index (κ2) is 16.5. The van der Waals surface area contributed by atoms with Gasteiger partial charge < -0.3 is 94.0 Å². The van der Waals surface area contributed by atoms with Crippen molar-refractivity contribution in [1.29, 1.82) is 0 Å². The van der Waals surface area contributed by atoms with Crippen LogP contribution >= 0.6 is 0 Å². The zero-order valence-corrected chi connectivity index (χ0v) is 23.5. The van der Waals surface area contributed by atoms with E-state index in [1.807, 2.05) is 0 Å². The molecule has 16 atom stereocenters. The zero-order valence-electron chi connectivity index (χ0n) is 23.5. The normalized spacial score (nSPS) is 45.6. The zero-order chi connectivity index (χ0) is 31.1. The third-order valence-corrected chi connectivity index (χ3v) is 8.08. The van der Waals surface area contributed by atoms with E-state index in [1.165, 1.54) is 0 Å². The van der Waals surface area contributed by atoms with Gasteiger partial charge in [0, 0.05) is 31.7 Å². The predicted molar refractivity (Wildman–Crippen MR) is 146 cm³/mol. The van der Waals surface area contributed by atoms with E-state index in [1.54, 1.807) is 0 Å². The van der Waals surface area contributed by atoms with Crippen LogP contribution in [0.5, 0.6) is 0 Å². The van der Waals surface area contributed by atoms with Gasteiger partial charge in [-0.15, -0.1) is 0 Å². The largest absolute Gasteiger partial charge is 0.394 e. The maximum Gasteiger partial charge on any atom is 0.186 e. The average Bonchev–Trinajstić information content (AvgIpc) is 2.98. The molecule has 42 heavy (non-hydrogen) atoms. The molecule has 0 spiro atoms. The highest BCUT2D eigenvalue weighted by Crippen LogP contribution is 2.31. The standard InChI is InChI=1S/C24H51N7O11/c25-2-1-3-30-7-12-17(35)18(36)15(29)23(39-12)41-21-10(27)4-11(31-6-9(33)5-26)22(20(21)38)42-24-19(37)14(28)16(34)13(8-32)40-24/h9-24,30-38H,1-8,25-29H2/t9?,10-,11+,12+,13+,14-,15+,16+,17+,18+,19+,20-,21?,22-,23+,24+/m0/s1. The van der Waals surface area contributed by atoms with Crippen LogP contribution in [-0.4, -0.2) is 173 Å². The highest BCUT2D eigenvalue weighted by Gasteiger charge is 2.52. The van der Waals surface area contributed by atoms with Gasteiger partial charge in [-0.05, 0) is 25.9 Å². The second-order valence-electron chi connectivity index (χ2n) is 11.2. The Balaban J connectivity index is 1.78. The van der Waals surface area contributed by atoms with E-state index in [9.17, 15) is 35.7 Å². The number of rotatable bonds is 14. The fourth-order valence-corrected chi connectivity index (χ4v) is 5.42. The van der Waals surface area contributed by atoms with Crippen LogP contribution in [0.3, 0.4) is 0 Å². The molecule has 0 amide bonds. The second-order valence-corrected chi connectivity index (χ2v) is 11.2. The van der Waals surface area contributed by atoms with E-state index < -0.39 is 104 Å². The van der Waals surface area contributed by atoms with E-state index >= 15 is 0 Å². The van der Waals surface area contributed by atoms with Crippen LogP contribution in [0.15, 0.2) is 0 Å². The summed E-state index contributed by atoms with van der Waals surface area (Å²) < 4.78 is 23.5. The lowest BCUT2D eigenvalue weighted by Crippen LogP contribution is -2.70. The first-order valence-corrected chi connectivity index (χ1v) is 14.4. The molecule has 1 aliphatic carbocycles. The summed E-state index contributed by atoms with van der Waals surface area (Å²) in [5, 5.41) is 79.2. The summed E-state index contributed by atoms with van der Waals surface area (Å²) in [5.41, 5.74) is 29.5. The molecule has 0 aromatic carbocycles. The highest BCUT2D eigenvalue weighted by atomic mass is 16.7. The van der Waals surface area contributed by atoms with Gasteiger partial charge in [-0.25, -0.2) is 0 Å². The van der Waals surface area contributed by atoms with Crippen LogP contribution in [0.1, 0.15) is 12.8 Å². The van der Waals surface area contributed by atoms with Gasteiger partial charge in [0.15, 0.2) is 12.6 Å². The Morgan fingerprint density at radius 3 is 2.12 bits per heavy atom. The van der Waals surface area contributed by atoms with E-state index in [-0.39, 0.29) is 26.1 Å². The van der Waals surface area contributed by atoms with Gasteiger partial charge in [0.05, 0.1) is 24.8 Å². The molecule has 18 heteroatoms. The molecule has 3 rings (SSSR count). The first kappa shape index (κ1) is 35.8. The molecule has 0 aromatic rings. The topological polar surface area (TPSA) is 333 Å². The van der Waals surface area contributed by atoms with Gasteiger partial charge >= 0.3 is 0 Å². The predicted octanol–water partition coefficient (Wildman–Crippen LogP) is -8.39. The third-order valence-electron chi connectivity index (χ3n) is 8.08. The van der Waals surface area contributed by atoms with Crippen molar-refractivity contribution in [3.05, 3.63) is 0 Å². The molecule has 2 heterocycles. The van der Waals surface area contributed by atoms with Gasteiger partial charge in [0.25, 0.3) is 0 Å². The maximum atomic E-state index is 11.5. The minimum absolute atomic E-state index is 0.0249. The van der Waals surface area contributed by atoms with E-state index in [2.05, 4.69) is 10.6 Å². The number of aliphatic hydroxyl groups is 7. The third kappa shape index (κ3) is 8.50. The van der Waals surface area contributed by atoms with E-state index in [0.29, 0.717) is 19.5 Å². The first-order valence-electron chi connectivity index (χ1n) is 14.4. The van der Waals surface area contributed by atoms with Crippen molar-refractivity contribution in [2.24, 2.45) is 28.7 Å². The van der Waals surface area contributed by atoms with Crippen molar-refractivity contribution in [1.82, 2.24) is 10.6 Å². The first-order chi connectivity index (χ1) is 19.9. The summed E-state index contributed by atoms with van der Waals surface area (Å²) in [5.74, 6) is 0. The molecule has 0 aromatic heterocycles. The van der Waals surface area contributed by atoms with Crippen molar-refractivity contribution in [2.45, 2.75) is 111 Å². The van der Waals surface area contributed by atoms with E-state index in [4.69, 9.17) is 47.6 Å². The molecule has 0 radical (unpaired) electrons. The molecule has 18 nitrogen and oxygen atoms in total. The van der Waals surface area contributed by atoms with Crippen LogP contribution in [0, 0.1) is 0 Å². The number of hydrogen-bond acceptors (Lipinski definition) is 18. The van der Waals surface area contributed by atoms with Crippen molar-refractivity contribution >= 4 is 0 Å². The fourth-order valence-electron chi connectivity index (χ4n) is 5.42. The SMILES string of the molecule is NCCCNC[C@H]1O[C@H](OC2[C@@H](N)C[C@@H](NCC(O)CN)[C@H](O[C@H]3O[C@H](CO)[C@@H](O)[C@H](N)[C@H]3O)[C@H]2O)[C@H](N)[C@@H](O)[C@@H]1O. The molecule has 2 aliphatic heterocycles. The number of aliphatic hydroxyl groups excluding tert-OH is 7. The van der Waals surface area contributed by atoms with Gasteiger partial charge in [0.2, 0.25) is 0 Å². The van der Waals surface area contributed by atoms with Crippen molar-refractivity contribution in [3.63, 3.8) is 0 Å².